The van der Waals surface area contributed by atoms with E-state index in [1.54, 1.807) is 0 Å². The highest BCUT2D eigenvalue weighted by molar-refractivity contribution is 7.87. The molecule has 17 heavy (non-hydrogen) atoms. The van der Waals surface area contributed by atoms with E-state index in [4.69, 9.17) is 21.3 Å². The Bertz CT molecular complexity index is 427. The first-order valence-electron chi connectivity index (χ1n) is 4.13. The van der Waals surface area contributed by atoms with Crippen LogP contribution in [0, 0.1) is 0 Å². The standard InChI is InChI=1S/C7H9ClO8S/c1-3(6(8)11)16-7(12)4(2-5(9)10)17(13,14)15/h3-4H,2H2,1H3,(H,9,10)(H,13,14,15). The highest BCUT2D eigenvalue weighted by Crippen LogP contribution is 2.09. The molecule has 0 fully saturated rings. The minimum absolute atomic E-state index is 1.06. The molecule has 8 nitrogen and oxygen atoms in total. The van der Waals surface area contributed by atoms with Gasteiger partial charge in [0.15, 0.2) is 11.4 Å². The number of hydrogen-bond acceptors (Lipinski definition) is 6. The number of halogens is 1. The summed E-state index contributed by atoms with van der Waals surface area (Å²) in [6.07, 6.45) is -2.62. The lowest BCUT2D eigenvalue weighted by molar-refractivity contribution is -0.153. The van der Waals surface area contributed by atoms with E-state index in [0.29, 0.717) is 0 Å². The molecule has 0 spiro atoms. The van der Waals surface area contributed by atoms with E-state index in [9.17, 15) is 22.8 Å². The second-order valence-electron chi connectivity index (χ2n) is 2.98. The van der Waals surface area contributed by atoms with Crippen molar-refractivity contribution in [2.75, 3.05) is 0 Å². The van der Waals surface area contributed by atoms with Crippen LogP contribution in [0.5, 0.6) is 0 Å². The van der Waals surface area contributed by atoms with Gasteiger partial charge in [0.2, 0.25) is 0 Å². The fraction of sp³-hybridized carbons (Fsp3) is 0.571. The van der Waals surface area contributed by atoms with Gasteiger partial charge in [-0.15, -0.1) is 0 Å². The summed E-state index contributed by atoms with van der Waals surface area (Å²) in [6.45, 7) is 1.06. The molecule has 2 unspecified atom stereocenters. The summed E-state index contributed by atoms with van der Waals surface area (Å²) in [5, 5.41) is 5.00. The van der Waals surface area contributed by atoms with Crippen molar-refractivity contribution in [3.05, 3.63) is 0 Å². The van der Waals surface area contributed by atoms with Crippen LogP contribution in [0.1, 0.15) is 13.3 Å². The Morgan fingerprint density at radius 3 is 2.12 bits per heavy atom. The molecule has 0 aliphatic rings. The maximum Gasteiger partial charge on any atom is 0.328 e. The Balaban J connectivity index is 4.90. The molecule has 0 saturated heterocycles. The fourth-order valence-corrected chi connectivity index (χ4v) is 1.46. The third kappa shape index (κ3) is 5.61. The number of carbonyl (C=O) groups excluding carboxylic acids is 2. The van der Waals surface area contributed by atoms with Gasteiger partial charge >= 0.3 is 11.9 Å². The van der Waals surface area contributed by atoms with Crippen molar-refractivity contribution >= 4 is 38.9 Å². The fourth-order valence-electron chi connectivity index (χ4n) is 0.765. The van der Waals surface area contributed by atoms with Crippen LogP contribution in [0.4, 0.5) is 0 Å². The topological polar surface area (TPSA) is 135 Å². The van der Waals surface area contributed by atoms with Crippen molar-refractivity contribution in [1.29, 1.82) is 0 Å². The van der Waals surface area contributed by atoms with E-state index in [-0.39, 0.29) is 0 Å². The normalized spacial score (nSPS) is 14.8. The molecular weight excluding hydrogens is 280 g/mol. The van der Waals surface area contributed by atoms with Gasteiger partial charge in [-0.1, -0.05) is 0 Å². The van der Waals surface area contributed by atoms with Gasteiger partial charge in [-0.3, -0.25) is 18.9 Å². The highest BCUT2D eigenvalue weighted by atomic mass is 35.5. The molecule has 10 heteroatoms. The van der Waals surface area contributed by atoms with Crippen LogP contribution in [-0.2, 0) is 29.2 Å². The Morgan fingerprint density at radius 2 is 1.82 bits per heavy atom. The number of esters is 1. The zero-order valence-corrected chi connectivity index (χ0v) is 10.1. The molecule has 0 aromatic carbocycles. The van der Waals surface area contributed by atoms with E-state index in [1.807, 2.05) is 0 Å². The molecule has 0 aromatic heterocycles. The monoisotopic (exact) mass is 288 g/mol. The first-order chi connectivity index (χ1) is 7.55. The predicted octanol–water partition coefficient (Wildman–Crippen LogP) is -0.585. The summed E-state index contributed by atoms with van der Waals surface area (Å²) >= 11 is 4.95. The van der Waals surface area contributed by atoms with Gasteiger partial charge in [0.1, 0.15) is 0 Å². The molecular formula is C7H9ClO8S. The number of carboxylic acid groups (broad SMARTS) is 1. The lowest BCUT2D eigenvalue weighted by Crippen LogP contribution is -2.36. The second-order valence-corrected chi connectivity index (χ2v) is 4.96. The third-order valence-electron chi connectivity index (χ3n) is 1.60. The molecule has 2 N–H and O–H groups in total. The molecule has 0 aliphatic carbocycles. The van der Waals surface area contributed by atoms with Crippen LogP contribution in [-0.4, -0.2) is 46.6 Å². The van der Waals surface area contributed by atoms with Gasteiger partial charge in [-0.25, -0.2) is 0 Å². The number of carbonyl (C=O) groups is 3. The van der Waals surface area contributed by atoms with E-state index < -0.39 is 45.1 Å². The number of rotatable bonds is 6. The van der Waals surface area contributed by atoms with Crippen molar-refractivity contribution < 1.29 is 37.2 Å². The summed E-state index contributed by atoms with van der Waals surface area (Å²) in [5.41, 5.74) is 0. The van der Waals surface area contributed by atoms with Gasteiger partial charge in [0.05, 0.1) is 6.42 Å². The summed E-state index contributed by atoms with van der Waals surface area (Å²) in [4.78, 5) is 32.0. The van der Waals surface area contributed by atoms with Crippen LogP contribution in [0.25, 0.3) is 0 Å². The van der Waals surface area contributed by atoms with Crippen LogP contribution < -0.4 is 0 Å². The number of ether oxygens (including phenoxy) is 1. The van der Waals surface area contributed by atoms with Gasteiger partial charge in [0.25, 0.3) is 15.4 Å². The van der Waals surface area contributed by atoms with E-state index >= 15 is 0 Å². The third-order valence-corrected chi connectivity index (χ3v) is 2.98. The number of hydrogen-bond donors (Lipinski definition) is 2. The number of aliphatic carboxylic acids is 1. The molecule has 0 aliphatic heterocycles. The van der Waals surface area contributed by atoms with E-state index in [1.165, 1.54) is 0 Å². The van der Waals surface area contributed by atoms with Crippen molar-refractivity contribution in [3.63, 3.8) is 0 Å². The molecule has 0 radical (unpaired) electrons. The molecule has 2 atom stereocenters. The smallest absolute Gasteiger partial charge is 0.328 e. The zero-order chi connectivity index (χ0) is 13.8. The van der Waals surface area contributed by atoms with Crippen LogP contribution in [0.2, 0.25) is 0 Å². The molecule has 0 rings (SSSR count). The lowest BCUT2D eigenvalue weighted by Gasteiger charge is -2.13. The SMILES string of the molecule is CC(OC(=O)C(CC(=O)O)S(=O)(=O)O)C(=O)Cl. The minimum Gasteiger partial charge on any atom is -0.481 e. The first kappa shape index (κ1) is 15.8. The maximum absolute atomic E-state index is 11.2. The van der Waals surface area contributed by atoms with E-state index in [2.05, 4.69) is 4.74 Å². The molecule has 0 heterocycles. The average molecular weight is 289 g/mol. The van der Waals surface area contributed by atoms with Gasteiger partial charge in [0, 0.05) is 0 Å². The van der Waals surface area contributed by atoms with Gasteiger partial charge < -0.3 is 9.84 Å². The first-order valence-corrected chi connectivity index (χ1v) is 6.01. The van der Waals surface area contributed by atoms with Crippen molar-refractivity contribution in [2.45, 2.75) is 24.7 Å². The molecule has 98 valence electrons. The molecule has 0 bridgehead atoms. The van der Waals surface area contributed by atoms with Crippen molar-refractivity contribution in [1.82, 2.24) is 0 Å². The second kappa shape index (κ2) is 5.94. The Hall–Kier alpha value is -1.19. The minimum atomic E-state index is -4.94. The summed E-state index contributed by atoms with van der Waals surface area (Å²) in [6, 6.07) is 0. The molecule has 0 aromatic rings. The van der Waals surface area contributed by atoms with Gasteiger partial charge in [-0.2, -0.15) is 8.42 Å². The maximum atomic E-state index is 11.2. The van der Waals surface area contributed by atoms with Crippen molar-refractivity contribution in [3.8, 4) is 0 Å². The summed E-state index contributed by atoms with van der Waals surface area (Å²) in [5.74, 6) is -3.19. The highest BCUT2D eigenvalue weighted by Gasteiger charge is 2.36. The van der Waals surface area contributed by atoms with E-state index in [0.717, 1.165) is 6.92 Å². The predicted molar refractivity (Wildman–Crippen MR) is 54.0 cm³/mol. The Kier molecular flexibility index (Phi) is 5.52. The Labute approximate surface area is 101 Å². The van der Waals surface area contributed by atoms with Gasteiger partial charge in [-0.05, 0) is 18.5 Å². The number of carboxylic acids is 1. The van der Waals surface area contributed by atoms with Crippen molar-refractivity contribution in [2.24, 2.45) is 0 Å². The Morgan fingerprint density at radius 1 is 1.35 bits per heavy atom. The summed E-state index contributed by atoms with van der Waals surface area (Å²) < 4.78 is 34.4. The average Bonchev–Trinajstić information content (AvgIpc) is 2.11. The van der Waals surface area contributed by atoms with Crippen LogP contribution in [0.15, 0.2) is 0 Å². The zero-order valence-electron chi connectivity index (χ0n) is 8.49. The molecule has 0 amide bonds. The quantitative estimate of drug-likeness (QED) is 0.376. The lowest BCUT2D eigenvalue weighted by atomic mass is 10.3. The largest absolute Gasteiger partial charge is 0.481 e. The van der Waals surface area contributed by atoms with Crippen LogP contribution in [0.3, 0.4) is 0 Å². The van der Waals surface area contributed by atoms with Crippen LogP contribution >= 0.6 is 11.6 Å². The summed E-state index contributed by atoms with van der Waals surface area (Å²) in [7, 11) is -4.94. The molecule has 0 saturated carbocycles.